The lowest BCUT2D eigenvalue weighted by Crippen LogP contribution is -2.41. The number of carbonyl (C=O) groups excluding carboxylic acids is 4. The van der Waals surface area contributed by atoms with E-state index in [9.17, 15) is 19.2 Å². The Morgan fingerprint density at radius 1 is 1.19 bits per heavy atom. The molecule has 3 amide bonds. The van der Waals surface area contributed by atoms with E-state index in [1.165, 1.54) is 18.0 Å². The lowest BCUT2D eigenvalue weighted by molar-refractivity contribution is -0.125. The van der Waals surface area contributed by atoms with Crippen molar-refractivity contribution in [3.8, 4) is 0 Å². The lowest BCUT2D eigenvalue weighted by atomic mass is 10.2. The molecule has 3 heterocycles. The smallest absolute Gasteiger partial charge is 0.414 e. The Hall–Kier alpha value is -3.31. The molecule has 0 spiro atoms. The van der Waals surface area contributed by atoms with Gasteiger partial charge in [0, 0.05) is 31.0 Å². The first kappa shape index (κ1) is 20.9. The zero-order valence-electron chi connectivity index (χ0n) is 16.7. The molecule has 1 aromatic carbocycles. The molecule has 0 unspecified atom stereocenters. The van der Waals surface area contributed by atoms with Gasteiger partial charge in [0.25, 0.3) is 11.8 Å². The van der Waals surface area contributed by atoms with Crippen LogP contribution in [0.25, 0.3) is 0 Å². The van der Waals surface area contributed by atoms with Crippen LogP contribution in [0, 0.1) is 0 Å². The quantitative estimate of drug-likeness (QED) is 0.670. The fourth-order valence-corrected chi connectivity index (χ4v) is 3.99. The van der Waals surface area contributed by atoms with Crippen molar-refractivity contribution < 1.29 is 28.7 Å². The standard InChI is InChI=1S/C20H20N4O6S/c1-12(25)16-9-22-19(31-16)18(27)21-8-15-10-24(20(28)30-15)14-4-2-13(3-5-14)23-6-7-29-11-17(23)26/h2-5,9,15H,6-8,10-11H2,1H3,(H,21,27)/t15-/m0/s1. The number of benzene rings is 1. The topological polar surface area (TPSA) is 118 Å². The van der Waals surface area contributed by atoms with Gasteiger partial charge in [-0.2, -0.15) is 0 Å². The number of ether oxygens (including phenoxy) is 2. The number of Topliss-reactive ketones (excluding diaryl/α,β-unsaturated/α-hetero) is 1. The van der Waals surface area contributed by atoms with Crippen LogP contribution in [-0.2, 0) is 14.3 Å². The molecular weight excluding hydrogens is 424 g/mol. The van der Waals surface area contributed by atoms with E-state index in [-0.39, 0.29) is 36.4 Å². The van der Waals surface area contributed by atoms with E-state index in [1.807, 2.05) is 0 Å². The molecule has 1 aromatic heterocycles. The molecule has 162 valence electrons. The van der Waals surface area contributed by atoms with Crippen LogP contribution in [0.5, 0.6) is 0 Å². The fourth-order valence-electron chi connectivity index (χ4n) is 3.27. The number of cyclic esters (lactones) is 1. The van der Waals surface area contributed by atoms with Gasteiger partial charge in [-0.3, -0.25) is 19.3 Å². The van der Waals surface area contributed by atoms with E-state index in [0.717, 1.165) is 17.0 Å². The van der Waals surface area contributed by atoms with Crippen molar-refractivity contribution in [1.82, 2.24) is 10.3 Å². The molecule has 0 radical (unpaired) electrons. The highest BCUT2D eigenvalue weighted by Crippen LogP contribution is 2.25. The van der Waals surface area contributed by atoms with E-state index in [1.54, 1.807) is 29.2 Å². The van der Waals surface area contributed by atoms with E-state index in [2.05, 4.69) is 10.3 Å². The predicted octanol–water partition coefficient (Wildman–Crippen LogP) is 1.46. The van der Waals surface area contributed by atoms with Gasteiger partial charge in [0.1, 0.15) is 12.7 Å². The Bertz CT molecular complexity index is 1020. The highest BCUT2D eigenvalue weighted by molar-refractivity contribution is 7.15. The highest BCUT2D eigenvalue weighted by atomic mass is 32.1. The summed E-state index contributed by atoms with van der Waals surface area (Å²) in [6.45, 7) is 2.83. The number of hydrogen-bond donors (Lipinski definition) is 1. The summed E-state index contributed by atoms with van der Waals surface area (Å²) in [6, 6.07) is 7.05. The van der Waals surface area contributed by atoms with Gasteiger partial charge in [-0.25, -0.2) is 9.78 Å². The van der Waals surface area contributed by atoms with Gasteiger partial charge in [-0.15, -0.1) is 11.3 Å². The van der Waals surface area contributed by atoms with Gasteiger partial charge in [0.2, 0.25) is 0 Å². The molecular formula is C20H20N4O6S. The maximum atomic E-state index is 12.3. The average molecular weight is 444 g/mol. The summed E-state index contributed by atoms with van der Waals surface area (Å²) in [6.07, 6.45) is 0.333. The zero-order valence-corrected chi connectivity index (χ0v) is 17.5. The molecule has 31 heavy (non-hydrogen) atoms. The molecule has 2 aromatic rings. The number of thiazole rings is 1. The molecule has 2 fully saturated rings. The number of ketones is 1. The van der Waals surface area contributed by atoms with Crippen molar-refractivity contribution >= 4 is 46.4 Å². The molecule has 10 nitrogen and oxygen atoms in total. The molecule has 2 aliphatic heterocycles. The number of nitrogens with zero attached hydrogens (tertiary/aromatic N) is 3. The van der Waals surface area contributed by atoms with Crippen LogP contribution >= 0.6 is 11.3 Å². The zero-order chi connectivity index (χ0) is 22.0. The van der Waals surface area contributed by atoms with Gasteiger partial charge >= 0.3 is 6.09 Å². The van der Waals surface area contributed by atoms with Crippen molar-refractivity contribution in [3.05, 3.63) is 40.3 Å². The molecule has 1 atom stereocenters. The van der Waals surface area contributed by atoms with Crippen molar-refractivity contribution in [2.24, 2.45) is 0 Å². The summed E-state index contributed by atoms with van der Waals surface area (Å²) >= 11 is 1.02. The Morgan fingerprint density at radius 2 is 1.90 bits per heavy atom. The first-order valence-electron chi connectivity index (χ1n) is 9.63. The second kappa shape index (κ2) is 8.82. The van der Waals surface area contributed by atoms with Gasteiger partial charge in [-0.1, -0.05) is 0 Å². The first-order chi connectivity index (χ1) is 14.9. The van der Waals surface area contributed by atoms with Crippen LogP contribution in [0.1, 0.15) is 26.4 Å². The molecule has 0 aliphatic carbocycles. The molecule has 0 saturated carbocycles. The number of nitrogens with one attached hydrogen (secondary N) is 1. The number of hydrogen-bond acceptors (Lipinski definition) is 8. The normalized spacial score (nSPS) is 18.8. The van der Waals surface area contributed by atoms with E-state index in [4.69, 9.17) is 9.47 Å². The third-order valence-corrected chi connectivity index (χ3v) is 5.97. The molecule has 11 heteroatoms. The third-order valence-electron chi connectivity index (χ3n) is 4.87. The third kappa shape index (κ3) is 4.57. The Morgan fingerprint density at radius 3 is 2.55 bits per heavy atom. The number of aromatic nitrogens is 1. The number of morpholine rings is 1. The second-order valence-electron chi connectivity index (χ2n) is 7.03. The SMILES string of the molecule is CC(=O)c1cnc(C(=O)NC[C@H]2CN(c3ccc(N4CCOCC4=O)cc3)C(=O)O2)s1. The van der Waals surface area contributed by atoms with Crippen LogP contribution in [0.4, 0.5) is 16.2 Å². The van der Waals surface area contributed by atoms with Gasteiger partial charge < -0.3 is 19.7 Å². The summed E-state index contributed by atoms with van der Waals surface area (Å²) in [5, 5.41) is 2.86. The highest BCUT2D eigenvalue weighted by Gasteiger charge is 2.33. The minimum Gasteiger partial charge on any atom is -0.442 e. The van der Waals surface area contributed by atoms with Crippen molar-refractivity contribution in [3.63, 3.8) is 0 Å². The number of amides is 3. The van der Waals surface area contributed by atoms with Crippen molar-refractivity contribution in [1.29, 1.82) is 0 Å². The summed E-state index contributed by atoms with van der Waals surface area (Å²) in [4.78, 5) is 55.2. The van der Waals surface area contributed by atoms with Crippen LogP contribution < -0.4 is 15.1 Å². The largest absolute Gasteiger partial charge is 0.442 e. The van der Waals surface area contributed by atoms with Crippen LogP contribution in [0.15, 0.2) is 30.5 Å². The summed E-state index contributed by atoms with van der Waals surface area (Å²) in [5.74, 6) is -0.682. The summed E-state index contributed by atoms with van der Waals surface area (Å²) in [7, 11) is 0. The van der Waals surface area contributed by atoms with Crippen LogP contribution in [0.3, 0.4) is 0 Å². The second-order valence-corrected chi connectivity index (χ2v) is 8.06. The first-order valence-corrected chi connectivity index (χ1v) is 10.5. The molecule has 2 saturated heterocycles. The van der Waals surface area contributed by atoms with E-state index in [0.29, 0.717) is 23.7 Å². The van der Waals surface area contributed by atoms with Gasteiger partial charge in [0.05, 0.1) is 24.6 Å². The Labute approximate surface area is 181 Å². The molecule has 2 aliphatic rings. The van der Waals surface area contributed by atoms with E-state index < -0.39 is 18.1 Å². The lowest BCUT2D eigenvalue weighted by Gasteiger charge is -2.27. The van der Waals surface area contributed by atoms with E-state index >= 15 is 0 Å². The minimum absolute atomic E-state index is 0.0602. The predicted molar refractivity (Wildman–Crippen MR) is 112 cm³/mol. The monoisotopic (exact) mass is 444 g/mol. The van der Waals surface area contributed by atoms with Gasteiger partial charge in [0.15, 0.2) is 10.8 Å². The van der Waals surface area contributed by atoms with Crippen molar-refractivity contribution in [2.75, 3.05) is 42.6 Å². The number of rotatable bonds is 6. The van der Waals surface area contributed by atoms with Gasteiger partial charge in [-0.05, 0) is 24.3 Å². The fraction of sp³-hybridized carbons (Fsp3) is 0.350. The maximum Gasteiger partial charge on any atom is 0.414 e. The summed E-state index contributed by atoms with van der Waals surface area (Å²) < 4.78 is 10.5. The molecule has 0 bridgehead atoms. The average Bonchev–Trinajstić information content (AvgIpc) is 3.40. The number of carbonyl (C=O) groups is 4. The summed E-state index contributed by atoms with van der Waals surface area (Å²) in [5.41, 5.74) is 1.37. The van der Waals surface area contributed by atoms with Crippen LogP contribution in [-0.4, -0.2) is 67.6 Å². The Balaban J connectivity index is 1.34. The number of anilines is 2. The molecule has 4 rings (SSSR count). The Kier molecular flexibility index (Phi) is 5.96. The van der Waals surface area contributed by atoms with Crippen molar-refractivity contribution in [2.45, 2.75) is 13.0 Å². The van der Waals surface area contributed by atoms with Crippen LogP contribution in [0.2, 0.25) is 0 Å². The maximum absolute atomic E-state index is 12.3. The minimum atomic E-state index is -0.524. The molecule has 1 N–H and O–H groups in total.